The molecule has 38 heavy (non-hydrogen) atoms. The maximum absolute atomic E-state index is 6.95. The maximum Gasteiger partial charge on any atom is 0.193 e. The third kappa shape index (κ3) is 4.48. The number of aryl methyl sites for hydroxylation is 1. The SMILES string of the molecule is Cc1cc([C@@H]2[C@@H](c3ccccn3)NC(=S)N2c2ccc(N3CCC(C)CC3)c(Cl)c2)c(C)n1-c1nccs1. The van der Waals surface area contributed by atoms with Crippen molar-refractivity contribution in [2.75, 3.05) is 22.9 Å². The fraction of sp³-hybridized carbons (Fsp3) is 0.345. The van der Waals surface area contributed by atoms with Crippen molar-refractivity contribution >= 4 is 51.6 Å². The average Bonchev–Trinajstić information content (AvgIpc) is 3.63. The molecule has 3 aromatic heterocycles. The second-order valence-electron chi connectivity index (χ2n) is 10.3. The van der Waals surface area contributed by atoms with Crippen molar-refractivity contribution in [1.82, 2.24) is 19.9 Å². The van der Waals surface area contributed by atoms with Gasteiger partial charge in [-0.1, -0.05) is 24.6 Å². The van der Waals surface area contributed by atoms with Crippen LogP contribution in [0.5, 0.6) is 0 Å². The molecule has 0 unspecified atom stereocenters. The molecular weight excluding hydrogens is 532 g/mol. The van der Waals surface area contributed by atoms with Gasteiger partial charge in [0.1, 0.15) is 0 Å². The summed E-state index contributed by atoms with van der Waals surface area (Å²) in [4.78, 5) is 13.9. The highest BCUT2D eigenvalue weighted by molar-refractivity contribution is 7.80. The molecule has 196 valence electrons. The van der Waals surface area contributed by atoms with Gasteiger partial charge in [-0.05, 0) is 86.8 Å². The van der Waals surface area contributed by atoms with E-state index >= 15 is 0 Å². The molecule has 0 bridgehead atoms. The molecule has 2 aliphatic rings. The summed E-state index contributed by atoms with van der Waals surface area (Å²) in [6, 6.07) is 14.4. The lowest BCUT2D eigenvalue weighted by molar-refractivity contribution is 0.438. The van der Waals surface area contributed by atoms with Gasteiger partial charge in [-0.15, -0.1) is 11.3 Å². The van der Waals surface area contributed by atoms with Crippen LogP contribution in [0, 0.1) is 19.8 Å². The van der Waals surface area contributed by atoms with Crippen LogP contribution in [0.4, 0.5) is 11.4 Å². The molecule has 5 heterocycles. The molecular formula is C29H31ClN6S2. The minimum absolute atomic E-state index is 0.102. The Balaban J connectivity index is 1.43. The Bertz CT molecular complexity index is 1440. The van der Waals surface area contributed by atoms with Gasteiger partial charge in [0.15, 0.2) is 10.2 Å². The summed E-state index contributed by atoms with van der Waals surface area (Å²) in [5.74, 6) is 0.769. The summed E-state index contributed by atoms with van der Waals surface area (Å²) in [5.41, 5.74) is 6.49. The van der Waals surface area contributed by atoms with Gasteiger partial charge in [0.05, 0.1) is 28.5 Å². The van der Waals surface area contributed by atoms with Crippen LogP contribution in [-0.4, -0.2) is 32.7 Å². The monoisotopic (exact) mass is 562 g/mol. The molecule has 0 amide bonds. The number of thiocarbonyl (C=S) groups is 1. The Morgan fingerprint density at radius 1 is 1.05 bits per heavy atom. The second kappa shape index (κ2) is 10.3. The Kier molecular flexibility index (Phi) is 6.88. The highest BCUT2D eigenvalue weighted by atomic mass is 35.5. The number of nitrogens with zero attached hydrogens (tertiary/aromatic N) is 5. The highest BCUT2D eigenvalue weighted by Gasteiger charge is 2.42. The molecule has 2 saturated heterocycles. The van der Waals surface area contributed by atoms with Gasteiger partial charge >= 0.3 is 0 Å². The predicted molar refractivity (Wildman–Crippen MR) is 161 cm³/mol. The lowest BCUT2D eigenvalue weighted by atomic mass is 9.96. The Labute approximate surface area is 238 Å². The van der Waals surface area contributed by atoms with E-state index in [1.807, 2.05) is 29.9 Å². The summed E-state index contributed by atoms with van der Waals surface area (Å²) < 4.78 is 2.22. The van der Waals surface area contributed by atoms with Gasteiger partial charge in [-0.25, -0.2) is 4.98 Å². The molecule has 2 atom stereocenters. The summed E-state index contributed by atoms with van der Waals surface area (Å²) in [7, 11) is 0. The molecule has 1 N–H and O–H groups in total. The largest absolute Gasteiger partial charge is 0.370 e. The summed E-state index contributed by atoms with van der Waals surface area (Å²) in [5, 5.41) is 7.98. The number of rotatable bonds is 5. The zero-order valence-corrected chi connectivity index (χ0v) is 24.2. The molecule has 2 aliphatic heterocycles. The van der Waals surface area contributed by atoms with E-state index in [-0.39, 0.29) is 12.1 Å². The highest BCUT2D eigenvalue weighted by Crippen LogP contribution is 2.45. The van der Waals surface area contributed by atoms with Crippen molar-refractivity contribution in [2.24, 2.45) is 5.92 Å². The summed E-state index contributed by atoms with van der Waals surface area (Å²) in [6.07, 6.45) is 6.08. The molecule has 2 fully saturated rings. The van der Waals surface area contributed by atoms with Gasteiger partial charge < -0.3 is 15.1 Å². The zero-order valence-electron chi connectivity index (χ0n) is 21.8. The number of thiazole rings is 1. The van der Waals surface area contributed by atoms with E-state index in [0.29, 0.717) is 5.11 Å². The van der Waals surface area contributed by atoms with Gasteiger partial charge in [0.2, 0.25) is 0 Å². The number of benzene rings is 1. The van der Waals surface area contributed by atoms with Crippen LogP contribution in [0.3, 0.4) is 0 Å². The third-order valence-corrected chi connectivity index (χ3v) is 9.21. The van der Waals surface area contributed by atoms with Crippen LogP contribution in [0.25, 0.3) is 5.13 Å². The normalized spacial score (nSPS) is 20.3. The van der Waals surface area contributed by atoms with Gasteiger partial charge in [-0.2, -0.15) is 0 Å². The molecule has 6 rings (SSSR count). The molecule has 0 saturated carbocycles. The quantitative estimate of drug-likeness (QED) is 0.264. The Hall–Kier alpha value is -2.94. The lowest BCUT2D eigenvalue weighted by Gasteiger charge is -2.33. The first-order valence-corrected chi connectivity index (χ1v) is 14.7. The summed E-state index contributed by atoms with van der Waals surface area (Å²) in [6.45, 7) is 8.69. The smallest absolute Gasteiger partial charge is 0.193 e. The van der Waals surface area contributed by atoms with E-state index in [1.165, 1.54) is 18.4 Å². The van der Waals surface area contributed by atoms with Gasteiger partial charge in [0, 0.05) is 47.9 Å². The third-order valence-electron chi connectivity index (χ3n) is 7.83. The van der Waals surface area contributed by atoms with Gasteiger partial charge in [0.25, 0.3) is 0 Å². The van der Waals surface area contributed by atoms with Crippen molar-refractivity contribution in [3.05, 3.63) is 87.9 Å². The zero-order chi connectivity index (χ0) is 26.4. The minimum Gasteiger partial charge on any atom is -0.370 e. The number of halogens is 1. The van der Waals surface area contributed by atoms with E-state index in [4.69, 9.17) is 28.8 Å². The fourth-order valence-electron chi connectivity index (χ4n) is 5.81. The number of nitrogens with one attached hydrogen (secondary N) is 1. The molecule has 9 heteroatoms. The van der Waals surface area contributed by atoms with E-state index < -0.39 is 0 Å². The number of aromatic nitrogens is 3. The predicted octanol–water partition coefficient (Wildman–Crippen LogP) is 7.01. The molecule has 0 radical (unpaired) electrons. The van der Waals surface area contributed by atoms with Crippen molar-refractivity contribution in [2.45, 2.75) is 45.7 Å². The summed E-state index contributed by atoms with van der Waals surface area (Å²) >= 11 is 14.5. The van der Waals surface area contributed by atoms with Crippen molar-refractivity contribution in [3.8, 4) is 5.13 Å². The number of anilines is 2. The number of hydrogen-bond donors (Lipinski definition) is 1. The Morgan fingerprint density at radius 2 is 1.87 bits per heavy atom. The van der Waals surface area contributed by atoms with E-state index in [1.54, 1.807) is 11.3 Å². The maximum atomic E-state index is 6.95. The molecule has 0 spiro atoms. The van der Waals surface area contributed by atoms with Crippen LogP contribution in [0.1, 0.15) is 54.5 Å². The molecule has 1 aromatic carbocycles. The van der Waals surface area contributed by atoms with Crippen LogP contribution in [0.2, 0.25) is 5.02 Å². The number of piperidine rings is 1. The molecule has 6 nitrogen and oxygen atoms in total. The first-order valence-electron chi connectivity index (χ1n) is 13.1. The first kappa shape index (κ1) is 25.3. The van der Waals surface area contributed by atoms with E-state index in [0.717, 1.165) is 57.6 Å². The fourth-order valence-corrected chi connectivity index (χ4v) is 7.20. The topological polar surface area (TPSA) is 49.2 Å². The van der Waals surface area contributed by atoms with Crippen LogP contribution < -0.4 is 15.1 Å². The van der Waals surface area contributed by atoms with Crippen LogP contribution in [-0.2, 0) is 0 Å². The number of hydrogen-bond acceptors (Lipinski definition) is 5. The van der Waals surface area contributed by atoms with Crippen molar-refractivity contribution < 1.29 is 0 Å². The van der Waals surface area contributed by atoms with Crippen molar-refractivity contribution in [3.63, 3.8) is 0 Å². The minimum atomic E-state index is -0.115. The van der Waals surface area contributed by atoms with E-state index in [2.05, 4.69) is 75.8 Å². The van der Waals surface area contributed by atoms with Gasteiger partial charge in [-0.3, -0.25) is 9.55 Å². The van der Waals surface area contributed by atoms with Crippen molar-refractivity contribution in [1.29, 1.82) is 0 Å². The number of pyridine rings is 1. The van der Waals surface area contributed by atoms with Crippen LogP contribution >= 0.6 is 35.2 Å². The molecule has 0 aliphatic carbocycles. The van der Waals surface area contributed by atoms with E-state index in [9.17, 15) is 0 Å². The van der Waals surface area contributed by atoms with Crippen LogP contribution in [0.15, 0.2) is 60.2 Å². The Morgan fingerprint density at radius 3 is 2.55 bits per heavy atom. The molecule has 4 aromatic rings. The standard InChI is InChI=1S/C29H31ClN6S2/c1-18-9-13-34(14-10-18)25-8-7-21(17-23(25)30)36-27(26(33-28(36)37)24-6-4-5-11-31-24)22-16-19(2)35(20(22)3)29-32-12-15-38-29/h4-8,11-12,15-18,26-27H,9-10,13-14H2,1-3H3,(H,33,37)/t26-,27-/m1/s1. The lowest BCUT2D eigenvalue weighted by Crippen LogP contribution is -2.33. The average molecular weight is 563 g/mol. The first-order chi connectivity index (χ1) is 18.4. The second-order valence-corrected chi connectivity index (χ2v) is 11.9.